The van der Waals surface area contributed by atoms with Gasteiger partial charge in [-0.1, -0.05) is 64.1 Å². The summed E-state index contributed by atoms with van der Waals surface area (Å²) < 4.78 is 0. The highest BCUT2D eigenvalue weighted by Gasteiger charge is 2.16. The zero-order chi connectivity index (χ0) is 23.2. The van der Waals surface area contributed by atoms with E-state index in [1.165, 1.54) is 44.3 Å². The third kappa shape index (κ3) is 5.32. The second kappa shape index (κ2) is 11.3. The van der Waals surface area contributed by atoms with Crippen LogP contribution in [0.3, 0.4) is 0 Å². The number of thioether (sulfide) groups is 1. The molecule has 0 unspecified atom stereocenters. The Labute approximate surface area is 202 Å². The third-order valence-corrected chi connectivity index (χ3v) is 7.83. The van der Waals surface area contributed by atoms with Crippen molar-refractivity contribution in [1.82, 2.24) is 19.8 Å². The molecular formula is C28H38N4S. The minimum atomic E-state index is 0.984. The number of aromatic nitrogens is 2. The lowest BCUT2D eigenvalue weighted by atomic mass is 10.1. The summed E-state index contributed by atoms with van der Waals surface area (Å²) in [4.78, 5) is 12.4. The van der Waals surface area contributed by atoms with Crippen molar-refractivity contribution >= 4 is 33.6 Å². The number of hydrogen-bond acceptors (Lipinski definition) is 3. The Morgan fingerprint density at radius 1 is 0.606 bits per heavy atom. The standard InChI is InChI=1S/C28H38N4S/c1-5-31(6-2)17-27-23(21-13-9-11-15-25(21)29-27)19-33-20-24-22-14-10-12-16-26(22)30-28(24)18-32(7-3)8-4/h9-16,29-30H,5-8,17-20H2,1-4H3. The van der Waals surface area contributed by atoms with Gasteiger partial charge in [0, 0.05) is 57.8 Å². The molecule has 0 aliphatic heterocycles. The lowest BCUT2D eigenvalue weighted by Crippen LogP contribution is -2.23. The van der Waals surface area contributed by atoms with Crippen molar-refractivity contribution in [1.29, 1.82) is 0 Å². The molecule has 2 N–H and O–H groups in total. The Bertz CT molecular complexity index is 1080. The molecule has 5 heteroatoms. The van der Waals surface area contributed by atoms with Crippen molar-refractivity contribution in [3.05, 3.63) is 71.0 Å². The second-order valence-corrected chi connectivity index (χ2v) is 9.66. The van der Waals surface area contributed by atoms with Gasteiger partial charge in [-0.3, -0.25) is 9.80 Å². The summed E-state index contributed by atoms with van der Waals surface area (Å²) >= 11 is 2.03. The average molecular weight is 463 g/mol. The molecule has 0 radical (unpaired) electrons. The topological polar surface area (TPSA) is 38.1 Å². The van der Waals surface area contributed by atoms with Gasteiger partial charge in [0.15, 0.2) is 0 Å². The van der Waals surface area contributed by atoms with Crippen LogP contribution in [0.5, 0.6) is 0 Å². The van der Waals surface area contributed by atoms with Crippen LogP contribution < -0.4 is 0 Å². The van der Waals surface area contributed by atoms with Crippen LogP contribution in [0.25, 0.3) is 21.8 Å². The number of hydrogen-bond donors (Lipinski definition) is 2. The maximum absolute atomic E-state index is 3.72. The molecule has 0 aliphatic rings. The monoisotopic (exact) mass is 462 g/mol. The zero-order valence-corrected chi connectivity index (χ0v) is 21.4. The van der Waals surface area contributed by atoms with E-state index in [4.69, 9.17) is 0 Å². The Hall–Kier alpha value is -2.21. The highest BCUT2D eigenvalue weighted by Crippen LogP contribution is 2.32. The molecule has 0 amide bonds. The number of benzene rings is 2. The summed E-state index contributed by atoms with van der Waals surface area (Å²) in [6.45, 7) is 15.2. The van der Waals surface area contributed by atoms with Gasteiger partial charge in [-0.2, -0.15) is 11.8 Å². The van der Waals surface area contributed by atoms with E-state index in [-0.39, 0.29) is 0 Å². The normalized spacial score (nSPS) is 12.1. The SMILES string of the molecule is CCN(CC)Cc1[nH]c2ccccc2c1CSCc1c(CN(CC)CC)[nH]c2ccccc12. The number of para-hydroxylation sites is 2. The molecular weight excluding hydrogens is 424 g/mol. The second-order valence-electron chi connectivity index (χ2n) is 8.67. The van der Waals surface area contributed by atoms with Crippen LogP contribution in [0.4, 0.5) is 0 Å². The summed E-state index contributed by atoms with van der Waals surface area (Å²) in [6.07, 6.45) is 0. The third-order valence-electron chi connectivity index (χ3n) is 6.85. The lowest BCUT2D eigenvalue weighted by Gasteiger charge is -2.19. The maximum Gasteiger partial charge on any atom is 0.0459 e. The summed E-state index contributed by atoms with van der Waals surface area (Å²) in [5.41, 5.74) is 8.18. The molecule has 0 saturated heterocycles. The van der Waals surface area contributed by atoms with Crippen molar-refractivity contribution in [2.75, 3.05) is 26.2 Å². The maximum atomic E-state index is 3.72. The van der Waals surface area contributed by atoms with Crippen LogP contribution in [-0.4, -0.2) is 45.9 Å². The van der Waals surface area contributed by atoms with Crippen molar-refractivity contribution in [2.24, 2.45) is 0 Å². The largest absolute Gasteiger partial charge is 0.357 e. The highest BCUT2D eigenvalue weighted by atomic mass is 32.2. The van der Waals surface area contributed by atoms with E-state index in [2.05, 4.69) is 96.0 Å². The van der Waals surface area contributed by atoms with Crippen molar-refractivity contribution < 1.29 is 0 Å². The number of aromatic amines is 2. The van der Waals surface area contributed by atoms with Crippen molar-refractivity contribution in [3.63, 3.8) is 0 Å². The molecule has 4 aromatic rings. The zero-order valence-electron chi connectivity index (χ0n) is 20.6. The van der Waals surface area contributed by atoms with E-state index < -0.39 is 0 Å². The van der Waals surface area contributed by atoms with E-state index >= 15 is 0 Å². The van der Waals surface area contributed by atoms with E-state index in [1.807, 2.05) is 11.8 Å². The Kier molecular flexibility index (Phi) is 8.18. The molecule has 0 aliphatic carbocycles. The highest BCUT2D eigenvalue weighted by molar-refractivity contribution is 7.97. The van der Waals surface area contributed by atoms with Gasteiger partial charge in [0.1, 0.15) is 0 Å². The molecule has 2 aromatic carbocycles. The summed E-state index contributed by atoms with van der Waals surface area (Å²) in [7, 11) is 0. The van der Waals surface area contributed by atoms with Crippen LogP contribution >= 0.6 is 11.8 Å². The first-order valence-electron chi connectivity index (χ1n) is 12.4. The molecule has 4 nitrogen and oxygen atoms in total. The first-order valence-corrected chi connectivity index (χ1v) is 13.5. The fourth-order valence-corrected chi connectivity index (χ4v) is 5.88. The van der Waals surface area contributed by atoms with Gasteiger partial charge in [0.2, 0.25) is 0 Å². The van der Waals surface area contributed by atoms with Crippen molar-refractivity contribution in [2.45, 2.75) is 52.3 Å². The van der Waals surface area contributed by atoms with Crippen molar-refractivity contribution in [3.8, 4) is 0 Å². The molecule has 0 spiro atoms. The molecule has 0 fully saturated rings. The number of nitrogens with one attached hydrogen (secondary N) is 2. The number of rotatable bonds is 12. The van der Waals surface area contributed by atoms with Crippen LogP contribution in [0.15, 0.2) is 48.5 Å². The minimum Gasteiger partial charge on any atom is -0.357 e. The fourth-order valence-electron chi connectivity index (χ4n) is 4.71. The van der Waals surface area contributed by atoms with E-state index in [0.717, 1.165) is 50.8 Å². The first-order chi connectivity index (χ1) is 16.2. The summed E-state index contributed by atoms with van der Waals surface area (Å²) in [5, 5.41) is 2.74. The molecule has 176 valence electrons. The smallest absolute Gasteiger partial charge is 0.0459 e. The van der Waals surface area contributed by atoms with Gasteiger partial charge in [0.25, 0.3) is 0 Å². The summed E-state index contributed by atoms with van der Waals surface area (Å²) in [5.74, 6) is 2.04. The van der Waals surface area contributed by atoms with E-state index in [1.54, 1.807) is 0 Å². The summed E-state index contributed by atoms with van der Waals surface area (Å²) in [6, 6.07) is 17.5. The first kappa shape index (κ1) is 23.9. The minimum absolute atomic E-state index is 0.984. The van der Waals surface area contributed by atoms with Gasteiger partial charge in [-0.15, -0.1) is 0 Å². The van der Waals surface area contributed by atoms with Crippen LogP contribution in [0.1, 0.15) is 50.2 Å². The molecule has 2 aromatic heterocycles. The quantitative estimate of drug-likeness (QED) is 0.244. The van der Waals surface area contributed by atoms with Crippen LogP contribution in [-0.2, 0) is 24.6 Å². The van der Waals surface area contributed by atoms with Crippen LogP contribution in [0, 0.1) is 0 Å². The Morgan fingerprint density at radius 3 is 1.39 bits per heavy atom. The number of fused-ring (bicyclic) bond motifs is 2. The molecule has 0 saturated carbocycles. The number of nitrogens with zero attached hydrogens (tertiary/aromatic N) is 2. The van der Waals surface area contributed by atoms with Gasteiger partial charge in [-0.05, 0) is 49.4 Å². The van der Waals surface area contributed by atoms with E-state index in [9.17, 15) is 0 Å². The predicted octanol–water partition coefficient (Wildman–Crippen LogP) is 6.77. The fraction of sp³-hybridized carbons (Fsp3) is 0.429. The Balaban J connectivity index is 1.58. The molecule has 0 bridgehead atoms. The number of H-pyrrole nitrogens is 2. The molecule has 33 heavy (non-hydrogen) atoms. The molecule has 4 rings (SSSR count). The van der Waals surface area contributed by atoms with Crippen LogP contribution in [0.2, 0.25) is 0 Å². The van der Waals surface area contributed by atoms with Gasteiger partial charge in [-0.25, -0.2) is 0 Å². The average Bonchev–Trinajstić information content (AvgIpc) is 3.38. The van der Waals surface area contributed by atoms with E-state index in [0.29, 0.717) is 0 Å². The lowest BCUT2D eigenvalue weighted by molar-refractivity contribution is 0.292. The van der Waals surface area contributed by atoms with Gasteiger partial charge >= 0.3 is 0 Å². The Morgan fingerprint density at radius 2 is 1.00 bits per heavy atom. The van der Waals surface area contributed by atoms with Gasteiger partial charge < -0.3 is 9.97 Å². The molecule has 0 atom stereocenters. The van der Waals surface area contributed by atoms with Gasteiger partial charge in [0.05, 0.1) is 0 Å². The predicted molar refractivity (Wildman–Crippen MR) is 145 cm³/mol. The molecule has 2 heterocycles.